The summed E-state index contributed by atoms with van der Waals surface area (Å²) >= 11 is 0. The van der Waals surface area contributed by atoms with Crippen molar-refractivity contribution in [2.24, 2.45) is 0 Å². The third-order valence-electron chi connectivity index (χ3n) is 12.6. The van der Waals surface area contributed by atoms with Gasteiger partial charge >= 0.3 is 5.97 Å². The summed E-state index contributed by atoms with van der Waals surface area (Å²) in [4.78, 5) is 29.6. The predicted octanol–water partition coefficient (Wildman–Crippen LogP) is 16.1. The zero-order valence-corrected chi connectivity index (χ0v) is 40.4. The molecule has 0 saturated heterocycles. The van der Waals surface area contributed by atoms with E-state index in [9.17, 15) is 9.59 Å². The molecule has 9 rings (SSSR count). The van der Waals surface area contributed by atoms with Crippen LogP contribution in [0.15, 0.2) is 231 Å². The number of hydrogen-bond acceptors (Lipinski definition) is 6. The molecule has 0 aromatic heterocycles. The molecule has 0 aliphatic carbocycles. The zero-order valence-electron chi connectivity index (χ0n) is 40.4. The van der Waals surface area contributed by atoms with Crippen molar-refractivity contribution in [3.8, 4) is 23.8 Å². The maximum absolute atomic E-state index is 13.8. The van der Waals surface area contributed by atoms with Gasteiger partial charge in [-0.15, -0.1) is 6.42 Å². The third-order valence-corrected chi connectivity index (χ3v) is 12.6. The molecule has 0 fully saturated rings. The van der Waals surface area contributed by atoms with Crippen LogP contribution in [0.4, 0.5) is 34.1 Å². The number of rotatable bonds is 16. The second-order valence-electron chi connectivity index (χ2n) is 17.4. The van der Waals surface area contributed by atoms with Crippen LogP contribution in [0.1, 0.15) is 63.1 Å². The fraction of sp³-hybridized carbons (Fsp3) is 0.0606. The fourth-order valence-electron chi connectivity index (χ4n) is 8.59. The molecule has 0 saturated carbocycles. The predicted molar refractivity (Wildman–Crippen MR) is 296 cm³/mol. The number of carbonyl (C=O) groups is 2. The molecule has 0 aliphatic rings. The van der Waals surface area contributed by atoms with Gasteiger partial charge in [-0.05, 0) is 149 Å². The molecule has 0 bridgehead atoms. The van der Waals surface area contributed by atoms with E-state index in [0.29, 0.717) is 16.9 Å². The summed E-state index contributed by atoms with van der Waals surface area (Å²) in [5, 5.41) is 0. The van der Waals surface area contributed by atoms with E-state index in [2.05, 4.69) is 161 Å². The Bertz CT molecular complexity index is 3360. The molecule has 0 spiro atoms. The molecule has 9 aromatic carbocycles. The maximum Gasteiger partial charge on any atom is 0.308 e. The topological polar surface area (TPSA) is 59.1 Å². The first kappa shape index (κ1) is 47.6. The van der Waals surface area contributed by atoms with Crippen molar-refractivity contribution in [2.75, 3.05) is 16.9 Å². The first-order valence-electron chi connectivity index (χ1n) is 23.7. The average Bonchev–Trinajstić information content (AvgIpc) is 3.43. The Morgan fingerprint density at radius 1 is 0.431 bits per heavy atom. The van der Waals surface area contributed by atoms with Crippen molar-refractivity contribution in [1.29, 1.82) is 0 Å². The number of ether oxygens (including phenoxy) is 2. The van der Waals surface area contributed by atoms with Crippen LogP contribution in [0.25, 0.3) is 24.3 Å². The van der Waals surface area contributed by atoms with Gasteiger partial charge in [0.05, 0.1) is 12.5 Å². The third kappa shape index (κ3) is 11.0. The molecule has 1 unspecified atom stereocenters. The van der Waals surface area contributed by atoms with Crippen molar-refractivity contribution in [2.45, 2.75) is 19.3 Å². The molecule has 1 atom stereocenters. The highest BCUT2D eigenvalue weighted by molar-refractivity contribution is 6.09. The van der Waals surface area contributed by atoms with E-state index in [-0.39, 0.29) is 11.8 Å². The summed E-state index contributed by atoms with van der Waals surface area (Å²) in [6, 6.07) is 76.6. The molecule has 0 N–H and O–H groups in total. The summed E-state index contributed by atoms with van der Waals surface area (Å²) in [5.41, 5.74) is 12.6. The quantitative estimate of drug-likeness (QED) is 0.0316. The second kappa shape index (κ2) is 21.9. The fourth-order valence-corrected chi connectivity index (χ4v) is 8.59. The molecular formula is C66H52N2O4. The van der Waals surface area contributed by atoms with E-state index in [1.807, 2.05) is 104 Å². The van der Waals surface area contributed by atoms with Gasteiger partial charge in [0.2, 0.25) is 0 Å². The molecule has 0 radical (unpaired) electrons. The number of anilines is 6. The molecule has 0 aliphatic heterocycles. The Morgan fingerprint density at radius 2 is 0.736 bits per heavy atom. The highest BCUT2D eigenvalue weighted by Crippen LogP contribution is 2.38. The van der Waals surface area contributed by atoms with E-state index >= 15 is 0 Å². The van der Waals surface area contributed by atoms with E-state index < -0.39 is 5.41 Å². The van der Waals surface area contributed by atoms with Crippen LogP contribution in [0.2, 0.25) is 0 Å². The summed E-state index contributed by atoms with van der Waals surface area (Å²) in [7, 11) is 1.68. The van der Waals surface area contributed by atoms with Gasteiger partial charge in [-0.1, -0.05) is 152 Å². The molecule has 6 nitrogen and oxygen atoms in total. The van der Waals surface area contributed by atoms with Gasteiger partial charge in [0, 0.05) is 52.2 Å². The Kier molecular flexibility index (Phi) is 14.5. The Balaban J connectivity index is 0.845. The van der Waals surface area contributed by atoms with E-state index in [1.54, 1.807) is 19.2 Å². The number of nitrogens with zero attached hydrogens (tertiary/aromatic N) is 2. The van der Waals surface area contributed by atoms with Crippen LogP contribution in [0.3, 0.4) is 0 Å². The summed E-state index contributed by atoms with van der Waals surface area (Å²) < 4.78 is 10.6. The lowest BCUT2D eigenvalue weighted by Crippen LogP contribution is -2.21. The lowest BCUT2D eigenvalue weighted by atomic mass is 9.76. The van der Waals surface area contributed by atoms with Gasteiger partial charge in [0.15, 0.2) is 5.78 Å². The van der Waals surface area contributed by atoms with Crippen molar-refractivity contribution in [3.63, 3.8) is 0 Å². The van der Waals surface area contributed by atoms with Gasteiger partial charge < -0.3 is 19.3 Å². The van der Waals surface area contributed by atoms with Gasteiger partial charge in [0.25, 0.3) is 0 Å². The minimum atomic E-state index is -0.761. The van der Waals surface area contributed by atoms with Crippen molar-refractivity contribution < 1.29 is 19.1 Å². The van der Waals surface area contributed by atoms with Crippen molar-refractivity contribution >= 4 is 70.2 Å². The minimum absolute atomic E-state index is 0.0888. The van der Waals surface area contributed by atoms with Crippen molar-refractivity contribution in [3.05, 3.63) is 275 Å². The van der Waals surface area contributed by atoms with Crippen LogP contribution in [-0.2, 0) is 10.2 Å². The molecule has 72 heavy (non-hydrogen) atoms. The van der Waals surface area contributed by atoms with Gasteiger partial charge in [0.1, 0.15) is 11.5 Å². The Hall–Kier alpha value is -9.44. The second-order valence-corrected chi connectivity index (χ2v) is 17.4. The number of esters is 1. The first-order chi connectivity index (χ1) is 35.2. The molecule has 9 aromatic rings. The van der Waals surface area contributed by atoms with Crippen LogP contribution in [-0.4, -0.2) is 18.9 Å². The summed E-state index contributed by atoms with van der Waals surface area (Å²) in [5.74, 6) is 3.72. The number of hydrogen-bond donors (Lipinski definition) is 0. The lowest BCUT2D eigenvalue weighted by molar-refractivity contribution is -0.131. The number of carbonyl (C=O) groups excluding carboxylic acids is 2. The van der Waals surface area contributed by atoms with Gasteiger partial charge in [-0.2, -0.15) is 0 Å². The zero-order chi connectivity index (χ0) is 49.9. The van der Waals surface area contributed by atoms with Crippen LogP contribution >= 0.6 is 0 Å². The standard InChI is InChI=1S/C66H52N2O4/c1-5-66(3,56-34-44-64(45-35-56)72-48(2)69)55-32-28-53(29-33-55)65(70)54-30-40-61(41-31-54)67(57-12-8-6-9-13-57)59-36-24-51(25-37-59)22-20-49-16-18-50(19-17-49)21-23-52-26-38-60(39-27-52)68(58-14-10-7-11-15-58)62-42-46-63(71-4)47-43-62/h1,6-47H,2-4H3/b22-20+,23-21+. The minimum Gasteiger partial charge on any atom is -0.497 e. The maximum atomic E-state index is 13.8. The number of benzene rings is 9. The number of para-hydroxylation sites is 2. The number of methoxy groups -OCH3 is 1. The normalized spacial score (nSPS) is 11.9. The van der Waals surface area contributed by atoms with Crippen molar-refractivity contribution in [1.82, 2.24) is 0 Å². The van der Waals surface area contributed by atoms with Gasteiger partial charge in [-0.25, -0.2) is 0 Å². The number of ketones is 1. The monoisotopic (exact) mass is 936 g/mol. The largest absolute Gasteiger partial charge is 0.497 e. The lowest BCUT2D eigenvalue weighted by Gasteiger charge is -2.26. The molecule has 0 amide bonds. The van der Waals surface area contributed by atoms with E-state index in [4.69, 9.17) is 15.9 Å². The summed E-state index contributed by atoms with van der Waals surface area (Å²) in [6.07, 6.45) is 14.6. The number of terminal acetylenes is 1. The molecule has 350 valence electrons. The highest BCUT2D eigenvalue weighted by atomic mass is 16.5. The van der Waals surface area contributed by atoms with E-state index in [0.717, 1.165) is 73.3 Å². The smallest absolute Gasteiger partial charge is 0.308 e. The molecule has 0 heterocycles. The Morgan fingerprint density at radius 3 is 1.10 bits per heavy atom. The molecular weight excluding hydrogens is 885 g/mol. The molecule has 6 heteroatoms. The average molecular weight is 937 g/mol. The SMILES string of the molecule is C#CC(C)(c1ccc(OC(C)=O)cc1)c1ccc(C(=O)c2ccc(N(c3ccccc3)c3ccc(/C=C/c4ccc(/C=C/c5ccc(N(c6ccccc6)c6ccc(OC)cc6)cc5)cc4)cc3)cc2)cc1. The Labute approximate surface area is 422 Å². The summed E-state index contributed by atoms with van der Waals surface area (Å²) in [6.45, 7) is 3.32. The van der Waals surface area contributed by atoms with E-state index in [1.165, 1.54) is 6.92 Å². The van der Waals surface area contributed by atoms with Crippen LogP contribution in [0, 0.1) is 12.3 Å². The van der Waals surface area contributed by atoms with Crippen LogP contribution < -0.4 is 19.3 Å². The first-order valence-corrected chi connectivity index (χ1v) is 23.7. The highest BCUT2D eigenvalue weighted by Gasteiger charge is 2.27. The van der Waals surface area contributed by atoms with Gasteiger partial charge in [-0.3, -0.25) is 9.59 Å². The van der Waals surface area contributed by atoms with Crippen LogP contribution in [0.5, 0.6) is 11.5 Å².